The summed E-state index contributed by atoms with van der Waals surface area (Å²) >= 11 is 0. The minimum Gasteiger partial charge on any atom is -0.497 e. The number of benzene rings is 3. The molecular weight excluding hydrogens is 375 g/mol. The van der Waals surface area contributed by atoms with Gasteiger partial charge in [-0.3, -0.25) is 4.79 Å². The number of ketones is 1. The van der Waals surface area contributed by atoms with E-state index < -0.39 is 11.8 Å². The summed E-state index contributed by atoms with van der Waals surface area (Å²) < 4.78 is 29.1. The van der Waals surface area contributed by atoms with Crippen LogP contribution in [0.3, 0.4) is 0 Å². The van der Waals surface area contributed by atoms with Crippen molar-refractivity contribution in [2.24, 2.45) is 0 Å². The summed E-state index contributed by atoms with van der Waals surface area (Å²) in [6.45, 7) is 0. The number of hydrogen-bond donors (Lipinski definition) is 0. The molecule has 6 heteroatoms. The Hall–Kier alpha value is -3.93. The predicted octanol–water partition coefficient (Wildman–Crippen LogP) is 4.67. The molecule has 0 saturated carbocycles. The van der Waals surface area contributed by atoms with Gasteiger partial charge in [-0.15, -0.1) is 0 Å². The van der Waals surface area contributed by atoms with E-state index in [2.05, 4.69) is 0 Å². The Kier molecular flexibility index (Phi) is 4.83. The second-order valence-electron chi connectivity index (χ2n) is 6.27. The van der Waals surface area contributed by atoms with Crippen LogP contribution in [0.5, 0.6) is 17.2 Å². The van der Waals surface area contributed by atoms with Crippen LogP contribution in [0, 0.1) is 5.82 Å². The Morgan fingerprint density at radius 3 is 2.55 bits per heavy atom. The second kappa shape index (κ2) is 7.59. The number of Topliss-reactive ketones (excluding diaryl/α,β-unsaturated/α-hetero) is 1. The first-order valence-corrected chi connectivity index (χ1v) is 8.73. The maximum atomic E-state index is 13.0. The monoisotopic (exact) mass is 390 g/mol. The lowest BCUT2D eigenvalue weighted by Gasteiger charge is -2.05. The number of methoxy groups -OCH3 is 1. The highest BCUT2D eigenvalue weighted by molar-refractivity contribution is 6.14. The van der Waals surface area contributed by atoms with E-state index in [9.17, 15) is 14.0 Å². The standard InChI is InChI=1S/C23H15FO5/c1-27-17-4-2-3-14(11-17)12-21-22(25)19-10-9-18(13-20(19)29-21)28-23(26)15-5-7-16(24)8-6-15/h2-13H,1H3/b21-12-. The van der Waals surface area contributed by atoms with Gasteiger partial charge in [-0.25, -0.2) is 9.18 Å². The second-order valence-corrected chi connectivity index (χ2v) is 6.27. The highest BCUT2D eigenvalue weighted by Crippen LogP contribution is 2.35. The fraction of sp³-hybridized carbons (Fsp3) is 0.0435. The van der Waals surface area contributed by atoms with Crippen molar-refractivity contribution in [3.8, 4) is 17.2 Å². The van der Waals surface area contributed by atoms with Gasteiger partial charge >= 0.3 is 5.97 Å². The summed E-state index contributed by atoms with van der Waals surface area (Å²) in [4.78, 5) is 24.8. The Bertz CT molecular complexity index is 1130. The molecule has 0 spiro atoms. The van der Waals surface area contributed by atoms with E-state index in [0.29, 0.717) is 17.1 Å². The first kappa shape index (κ1) is 18.4. The zero-order valence-electron chi connectivity index (χ0n) is 15.3. The van der Waals surface area contributed by atoms with E-state index in [1.54, 1.807) is 25.3 Å². The van der Waals surface area contributed by atoms with Crippen LogP contribution in [-0.2, 0) is 0 Å². The fourth-order valence-electron chi connectivity index (χ4n) is 2.87. The minimum absolute atomic E-state index is 0.162. The van der Waals surface area contributed by atoms with Gasteiger partial charge in [0.05, 0.1) is 18.2 Å². The van der Waals surface area contributed by atoms with Crippen molar-refractivity contribution in [1.82, 2.24) is 0 Å². The van der Waals surface area contributed by atoms with Crippen LogP contribution >= 0.6 is 0 Å². The third-order valence-electron chi connectivity index (χ3n) is 4.32. The van der Waals surface area contributed by atoms with E-state index in [1.807, 2.05) is 12.1 Å². The van der Waals surface area contributed by atoms with E-state index >= 15 is 0 Å². The summed E-state index contributed by atoms with van der Waals surface area (Å²) in [5, 5.41) is 0. The highest BCUT2D eigenvalue weighted by Gasteiger charge is 2.28. The molecular formula is C23H15FO5. The predicted molar refractivity (Wildman–Crippen MR) is 104 cm³/mol. The molecule has 1 aliphatic heterocycles. The number of hydrogen-bond acceptors (Lipinski definition) is 5. The quantitative estimate of drug-likeness (QED) is 0.368. The Labute approximate surface area is 166 Å². The van der Waals surface area contributed by atoms with Gasteiger partial charge in [0.2, 0.25) is 5.78 Å². The molecule has 0 radical (unpaired) electrons. The molecule has 29 heavy (non-hydrogen) atoms. The summed E-state index contributed by atoms with van der Waals surface area (Å²) in [6.07, 6.45) is 1.62. The van der Waals surface area contributed by atoms with Crippen molar-refractivity contribution in [1.29, 1.82) is 0 Å². The minimum atomic E-state index is -0.638. The Morgan fingerprint density at radius 2 is 1.79 bits per heavy atom. The molecule has 144 valence electrons. The topological polar surface area (TPSA) is 61.8 Å². The van der Waals surface area contributed by atoms with Gasteiger partial charge in [0.1, 0.15) is 23.1 Å². The normalized spacial score (nSPS) is 13.7. The average molecular weight is 390 g/mol. The number of carbonyl (C=O) groups excluding carboxylic acids is 2. The molecule has 1 aliphatic rings. The van der Waals surface area contributed by atoms with Gasteiger partial charge in [0.15, 0.2) is 5.76 Å². The third-order valence-corrected chi connectivity index (χ3v) is 4.32. The van der Waals surface area contributed by atoms with Crippen LogP contribution in [-0.4, -0.2) is 18.9 Å². The molecule has 0 unspecified atom stereocenters. The van der Waals surface area contributed by atoms with Gasteiger partial charge in [0.25, 0.3) is 0 Å². The Morgan fingerprint density at radius 1 is 1.00 bits per heavy atom. The molecule has 0 atom stereocenters. The van der Waals surface area contributed by atoms with Crippen LogP contribution in [0.15, 0.2) is 72.5 Å². The summed E-state index contributed by atoms with van der Waals surface area (Å²) in [6, 6.07) is 16.8. The van der Waals surface area contributed by atoms with E-state index in [1.165, 1.54) is 42.5 Å². The molecule has 4 rings (SSSR count). The van der Waals surface area contributed by atoms with Gasteiger partial charge in [-0.2, -0.15) is 0 Å². The zero-order valence-corrected chi connectivity index (χ0v) is 15.3. The van der Waals surface area contributed by atoms with Crippen LogP contribution in [0.4, 0.5) is 4.39 Å². The molecule has 0 aliphatic carbocycles. The van der Waals surface area contributed by atoms with Crippen molar-refractivity contribution in [2.45, 2.75) is 0 Å². The van der Waals surface area contributed by atoms with E-state index in [-0.39, 0.29) is 22.9 Å². The lowest BCUT2D eigenvalue weighted by atomic mass is 10.1. The smallest absolute Gasteiger partial charge is 0.343 e. The first-order chi connectivity index (χ1) is 14.0. The fourth-order valence-corrected chi connectivity index (χ4v) is 2.87. The number of allylic oxidation sites excluding steroid dienone is 1. The third kappa shape index (κ3) is 3.87. The number of esters is 1. The van der Waals surface area contributed by atoms with Gasteiger partial charge in [-0.1, -0.05) is 12.1 Å². The SMILES string of the molecule is COc1cccc(/C=C2\Oc3cc(OC(=O)c4ccc(F)cc4)ccc3C2=O)c1. The molecule has 3 aromatic rings. The van der Waals surface area contributed by atoms with Crippen molar-refractivity contribution < 1.29 is 28.2 Å². The molecule has 0 N–H and O–H groups in total. The van der Waals surface area contributed by atoms with E-state index in [4.69, 9.17) is 14.2 Å². The van der Waals surface area contributed by atoms with Gasteiger partial charge in [-0.05, 0) is 60.2 Å². The van der Waals surface area contributed by atoms with Crippen molar-refractivity contribution in [2.75, 3.05) is 7.11 Å². The molecule has 0 saturated heterocycles. The lowest BCUT2D eigenvalue weighted by Crippen LogP contribution is -2.08. The zero-order chi connectivity index (χ0) is 20.4. The first-order valence-electron chi connectivity index (χ1n) is 8.73. The number of fused-ring (bicyclic) bond motifs is 1. The van der Waals surface area contributed by atoms with Crippen molar-refractivity contribution in [3.05, 3.63) is 95.0 Å². The summed E-state index contributed by atoms with van der Waals surface area (Å²) in [5.41, 5.74) is 1.34. The van der Waals surface area contributed by atoms with Crippen LogP contribution < -0.4 is 14.2 Å². The number of rotatable bonds is 4. The lowest BCUT2D eigenvalue weighted by molar-refractivity contribution is 0.0734. The summed E-state index contributed by atoms with van der Waals surface area (Å²) in [5.74, 6) is -0.00313. The molecule has 1 heterocycles. The number of halogens is 1. The molecule has 0 fully saturated rings. The Balaban J connectivity index is 1.54. The van der Waals surface area contributed by atoms with E-state index in [0.717, 1.165) is 5.56 Å². The maximum absolute atomic E-state index is 13.0. The highest BCUT2D eigenvalue weighted by atomic mass is 19.1. The maximum Gasteiger partial charge on any atom is 0.343 e. The van der Waals surface area contributed by atoms with Crippen molar-refractivity contribution in [3.63, 3.8) is 0 Å². The largest absolute Gasteiger partial charge is 0.497 e. The molecule has 0 amide bonds. The molecule has 3 aromatic carbocycles. The molecule has 5 nitrogen and oxygen atoms in total. The molecule has 0 bridgehead atoms. The summed E-state index contributed by atoms with van der Waals surface area (Å²) in [7, 11) is 1.56. The van der Waals surface area contributed by atoms with Crippen LogP contribution in [0.25, 0.3) is 6.08 Å². The molecule has 0 aromatic heterocycles. The number of carbonyl (C=O) groups is 2. The van der Waals surface area contributed by atoms with Gasteiger partial charge < -0.3 is 14.2 Å². The number of ether oxygens (including phenoxy) is 3. The van der Waals surface area contributed by atoms with Crippen LogP contribution in [0.1, 0.15) is 26.3 Å². The van der Waals surface area contributed by atoms with Gasteiger partial charge in [0, 0.05) is 6.07 Å². The average Bonchev–Trinajstić information content (AvgIpc) is 3.03. The van der Waals surface area contributed by atoms with Crippen LogP contribution in [0.2, 0.25) is 0 Å². The van der Waals surface area contributed by atoms with Crippen molar-refractivity contribution >= 4 is 17.8 Å².